The van der Waals surface area contributed by atoms with Crippen molar-refractivity contribution >= 4 is 53.0 Å². The second-order valence-corrected chi connectivity index (χ2v) is 7.72. The fraction of sp³-hybridized carbons (Fsp3) is 0.412. The number of aliphatic imine (C=N–C) groups is 1. The topological polar surface area (TPSA) is 49.3 Å². The number of nitrogens with one attached hydrogen (secondary N) is 2. The van der Waals surface area contributed by atoms with Crippen molar-refractivity contribution in [2.24, 2.45) is 4.99 Å². The lowest BCUT2D eigenvalue weighted by Crippen LogP contribution is -2.37. The number of hydrogen-bond acceptors (Lipinski definition) is 4. The SMILES string of the molecule is CN=C(NCCSc1ccc(C)cc1)NCc1nc(C)c(C)s1.I. The van der Waals surface area contributed by atoms with Crippen LogP contribution >= 0.6 is 47.1 Å². The summed E-state index contributed by atoms with van der Waals surface area (Å²) < 4.78 is 0. The van der Waals surface area contributed by atoms with Crippen LogP contribution in [-0.2, 0) is 6.54 Å². The fourth-order valence-electron chi connectivity index (χ4n) is 1.97. The largest absolute Gasteiger partial charge is 0.356 e. The quantitative estimate of drug-likeness (QED) is 0.216. The maximum absolute atomic E-state index is 4.53. The van der Waals surface area contributed by atoms with E-state index in [2.05, 4.69) is 58.7 Å². The van der Waals surface area contributed by atoms with Crippen molar-refractivity contribution in [1.82, 2.24) is 15.6 Å². The van der Waals surface area contributed by atoms with Gasteiger partial charge in [-0.1, -0.05) is 17.7 Å². The molecule has 1 aromatic heterocycles. The van der Waals surface area contributed by atoms with Gasteiger partial charge in [0.2, 0.25) is 0 Å². The number of thiazole rings is 1. The van der Waals surface area contributed by atoms with Crippen LogP contribution in [0.5, 0.6) is 0 Å². The molecule has 0 aliphatic heterocycles. The summed E-state index contributed by atoms with van der Waals surface area (Å²) in [5, 5.41) is 7.74. The van der Waals surface area contributed by atoms with Gasteiger partial charge in [-0.25, -0.2) is 4.98 Å². The molecule has 2 rings (SSSR count). The number of rotatable bonds is 6. The molecule has 0 unspecified atom stereocenters. The molecule has 2 aromatic rings. The molecule has 7 heteroatoms. The lowest BCUT2D eigenvalue weighted by atomic mass is 10.2. The summed E-state index contributed by atoms with van der Waals surface area (Å²) in [7, 11) is 1.79. The third kappa shape index (κ3) is 6.98. The van der Waals surface area contributed by atoms with Gasteiger partial charge in [-0.15, -0.1) is 47.1 Å². The molecule has 0 aliphatic rings. The molecule has 4 nitrogen and oxygen atoms in total. The molecule has 0 bridgehead atoms. The van der Waals surface area contributed by atoms with Gasteiger partial charge in [-0.05, 0) is 32.9 Å². The Morgan fingerprint density at radius 3 is 2.46 bits per heavy atom. The minimum atomic E-state index is 0. The zero-order valence-corrected chi connectivity index (χ0v) is 18.5. The summed E-state index contributed by atoms with van der Waals surface area (Å²) in [6.45, 7) is 7.84. The van der Waals surface area contributed by atoms with Gasteiger partial charge >= 0.3 is 0 Å². The minimum Gasteiger partial charge on any atom is -0.356 e. The average molecular weight is 476 g/mol. The smallest absolute Gasteiger partial charge is 0.191 e. The Morgan fingerprint density at radius 1 is 1.17 bits per heavy atom. The van der Waals surface area contributed by atoms with Gasteiger partial charge < -0.3 is 10.6 Å². The molecule has 0 amide bonds. The van der Waals surface area contributed by atoms with Crippen LogP contribution in [0.3, 0.4) is 0 Å². The number of halogens is 1. The van der Waals surface area contributed by atoms with Gasteiger partial charge in [0.1, 0.15) is 5.01 Å². The van der Waals surface area contributed by atoms with Gasteiger partial charge in [0.05, 0.1) is 12.2 Å². The molecule has 0 saturated carbocycles. The molecule has 1 aromatic carbocycles. The Hall–Kier alpha value is -0.800. The zero-order chi connectivity index (χ0) is 16.7. The van der Waals surface area contributed by atoms with E-state index in [1.165, 1.54) is 15.3 Å². The molecular formula is C17H25IN4S2. The molecule has 0 fully saturated rings. The van der Waals surface area contributed by atoms with E-state index in [9.17, 15) is 0 Å². The van der Waals surface area contributed by atoms with Crippen molar-refractivity contribution in [2.45, 2.75) is 32.2 Å². The molecule has 0 atom stereocenters. The van der Waals surface area contributed by atoms with Crippen LogP contribution in [0.2, 0.25) is 0 Å². The van der Waals surface area contributed by atoms with Crippen molar-refractivity contribution in [3.63, 3.8) is 0 Å². The van der Waals surface area contributed by atoms with Crippen LogP contribution in [0.4, 0.5) is 0 Å². The first kappa shape index (κ1) is 21.2. The van der Waals surface area contributed by atoms with Crippen LogP contribution < -0.4 is 10.6 Å². The van der Waals surface area contributed by atoms with Crippen molar-refractivity contribution in [3.8, 4) is 0 Å². The van der Waals surface area contributed by atoms with Gasteiger partial charge in [-0.2, -0.15) is 0 Å². The maximum atomic E-state index is 4.53. The minimum absolute atomic E-state index is 0. The standard InChI is InChI=1S/C17H24N4S2.HI/c1-12-5-7-15(8-6-12)22-10-9-19-17(18-4)20-11-16-21-13(2)14(3)23-16;/h5-8H,9-11H2,1-4H3,(H2,18,19,20);1H. The predicted octanol–water partition coefficient (Wildman–Crippen LogP) is 4.14. The van der Waals surface area contributed by atoms with Crippen LogP contribution in [0.25, 0.3) is 0 Å². The van der Waals surface area contributed by atoms with Crippen molar-refractivity contribution in [3.05, 3.63) is 45.4 Å². The number of guanidine groups is 1. The number of thioether (sulfide) groups is 1. The number of aromatic nitrogens is 1. The highest BCUT2D eigenvalue weighted by Gasteiger charge is 2.04. The molecule has 0 spiro atoms. The number of benzene rings is 1. The normalized spacial score (nSPS) is 11.1. The molecule has 0 saturated heterocycles. The summed E-state index contributed by atoms with van der Waals surface area (Å²) in [6, 6.07) is 8.63. The average Bonchev–Trinajstić information content (AvgIpc) is 2.87. The number of aryl methyl sites for hydroxylation is 3. The van der Waals surface area contributed by atoms with E-state index in [-0.39, 0.29) is 24.0 Å². The fourth-order valence-corrected chi connectivity index (χ4v) is 3.61. The van der Waals surface area contributed by atoms with Crippen molar-refractivity contribution in [2.75, 3.05) is 19.3 Å². The maximum Gasteiger partial charge on any atom is 0.191 e. The van der Waals surface area contributed by atoms with E-state index >= 15 is 0 Å². The Balaban J connectivity index is 0.00000288. The summed E-state index contributed by atoms with van der Waals surface area (Å²) >= 11 is 3.58. The van der Waals surface area contributed by atoms with Crippen LogP contribution in [0.1, 0.15) is 21.1 Å². The third-order valence-electron chi connectivity index (χ3n) is 3.39. The van der Waals surface area contributed by atoms with Crippen LogP contribution in [-0.4, -0.2) is 30.3 Å². The lowest BCUT2D eigenvalue weighted by Gasteiger charge is -2.10. The first-order chi connectivity index (χ1) is 11.1. The summed E-state index contributed by atoms with van der Waals surface area (Å²) in [5.74, 6) is 1.82. The van der Waals surface area contributed by atoms with E-state index in [0.29, 0.717) is 6.54 Å². The Labute approximate surface area is 170 Å². The van der Waals surface area contributed by atoms with Crippen molar-refractivity contribution < 1.29 is 0 Å². The van der Waals surface area contributed by atoms with Crippen LogP contribution in [0, 0.1) is 20.8 Å². The molecule has 1 heterocycles. The van der Waals surface area contributed by atoms with Gasteiger partial charge in [-0.3, -0.25) is 4.99 Å². The highest BCUT2D eigenvalue weighted by Crippen LogP contribution is 2.17. The lowest BCUT2D eigenvalue weighted by molar-refractivity contribution is 0.824. The molecule has 24 heavy (non-hydrogen) atoms. The van der Waals surface area contributed by atoms with Crippen LogP contribution in [0.15, 0.2) is 34.2 Å². The second kappa shape index (κ2) is 10.9. The van der Waals surface area contributed by atoms with Gasteiger partial charge in [0.25, 0.3) is 0 Å². The molecule has 132 valence electrons. The Morgan fingerprint density at radius 2 is 1.88 bits per heavy atom. The molecular weight excluding hydrogens is 451 g/mol. The van der Waals surface area contributed by atoms with Crippen molar-refractivity contribution in [1.29, 1.82) is 0 Å². The van der Waals surface area contributed by atoms with E-state index in [0.717, 1.165) is 29.0 Å². The summed E-state index contributed by atoms with van der Waals surface area (Å²) in [4.78, 5) is 11.4. The Bertz CT molecular complexity index is 634. The van der Waals surface area contributed by atoms with E-state index in [4.69, 9.17) is 0 Å². The van der Waals surface area contributed by atoms with E-state index in [1.54, 1.807) is 18.4 Å². The summed E-state index contributed by atoms with van der Waals surface area (Å²) in [5.41, 5.74) is 2.41. The monoisotopic (exact) mass is 476 g/mol. The predicted molar refractivity (Wildman–Crippen MR) is 117 cm³/mol. The van der Waals surface area contributed by atoms with Gasteiger partial charge in [0, 0.05) is 29.1 Å². The summed E-state index contributed by atoms with van der Waals surface area (Å²) in [6.07, 6.45) is 0. The van der Waals surface area contributed by atoms with Gasteiger partial charge in [0.15, 0.2) is 5.96 Å². The third-order valence-corrected chi connectivity index (χ3v) is 5.47. The highest BCUT2D eigenvalue weighted by atomic mass is 127. The molecule has 0 aliphatic carbocycles. The first-order valence-corrected chi connectivity index (χ1v) is 9.45. The zero-order valence-electron chi connectivity index (χ0n) is 14.5. The highest BCUT2D eigenvalue weighted by molar-refractivity contribution is 14.0. The van der Waals surface area contributed by atoms with E-state index in [1.807, 2.05) is 18.7 Å². The Kier molecular flexibility index (Phi) is 9.68. The molecule has 2 N–H and O–H groups in total. The first-order valence-electron chi connectivity index (χ1n) is 7.65. The van der Waals surface area contributed by atoms with E-state index < -0.39 is 0 Å². The number of nitrogens with zero attached hydrogens (tertiary/aromatic N) is 2. The molecule has 0 radical (unpaired) electrons. The second-order valence-electron chi connectivity index (χ2n) is 5.26. The number of hydrogen-bond donors (Lipinski definition) is 2.